The molecule has 0 heterocycles. The Hall–Kier alpha value is -2.28. The van der Waals surface area contributed by atoms with Gasteiger partial charge in [-0.25, -0.2) is 13.6 Å². The number of carbonyl (C=O) groups is 1. The number of benzene rings is 2. The van der Waals surface area contributed by atoms with Crippen LogP contribution in [0.5, 0.6) is 5.75 Å². The van der Waals surface area contributed by atoms with Crippen LogP contribution in [0, 0.1) is 6.92 Å². The molecule has 0 N–H and O–H groups in total. The molecule has 2 aliphatic carbocycles. The molecule has 38 heavy (non-hydrogen) atoms. The third-order valence-electron chi connectivity index (χ3n) is 7.26. The molecule has 2 aliphatic rings. The molecule has 0 atom stereocenters. The predicted molar refractivity (Wildman–Crippen MR) is 149 cm³/mol. The normalized spacial score (nSPS) is 18.6. The zero-order chi connectivity index (χ0) is 27.4. The van der Waals surface area contributed by atoms with E-state index < -0.39 is 17.6 Å². The number of rotatable bonds is 10. The van der Waals surface area contributed by atoms with Gasteiger partial charge in [0.05, 0.1) is 0 Å². The summed E-state index contributed by atoms with van der Waals surface area (Å²) in [5, 5.41) is 0. The van der Waals surface area contributed by atoms with Crippen molar-refractivity contribution in [2.75, 3.05) is 6.54 Å². The molecule has 2 fully saturated rings. The van der Waals surface area contributed by atoms with Crippen molar-refractivity contribution in [3.05, 3.63) is 59.7 Å². The summed E-state index contributed by atoms with van der Waals surface area (Å²) in [5.74, 6) is -0.841. The topological polar surface area (TPSA) is 38.8 Å². The van der Waals surface area contributed by atoms with Crippen LogP contribution in [0.25, 0.3) is 0 Å². The molecule has 0 spiro atoms. The smallest absolute Gasteiger partial charge is 0.410 e. The fourth-order valence-corrected chi connectivity index (χ4v) is 5.90. The fourth-order valence-electron chi connectivity index (χ4n) is 4.98. The number of alkyl halides is 2. The molecule has 0 unspecified atom stereocenters. The summed E-state index contributed by atoms with van der Waals surface area (Å²) >= 11 is 1.78. The van der Waals surface area contributed by atoms with E-state index in [0.29, 0.717) is 19.4 Å². The van der Waals surface area contributed by atoms with Crippen molar-refractivity contribution in [3.8, 4) is 5.75 Å². The monoisotopic (exact) mass is 545 g/mol. The number of carbonyl (C=O) groups excluding carboxylic acids is 1. The Labute approximate surface area is 230 Å². The van der Waals surface area contributed by atoms with E-state index in [0.717, 1.165) is 47.6 Å². The first-order chi connectivity index (χ1) is 17.9. The van der Waals surface area contributed by atoms with Crippen LogP contribution in [0.4, 0.5) is 13.6 Å². The third-order valence-corrected chi connectivity index (χ3v) is 8.38. The minimum Gasteiger partial charge on any atom is -0.486 e. The van der Waals surface area contributed by atoms with Gasteiger partial charge in [0.1, 0.15) is 17.0 Å². The maximum atomic E-state index is 13.8. The van der Waals surface area contributed by atoms with E-state index in [2.05, 4.69) is 49.4 Å². The Kier molecular flexibility index (Phi) is 8.96. The number of amides is 1. The lowest BCUT2D eigenvalue weighted by molar-refractivity contribution is -0.0573. The number of halogens is 2. The lowest BCUT2D eigenvalue weighted by atomic mass is 9.91. The summed E-state index contributed by atoms with van der Waals surface area (Å²) < 4.78 is 39.9. The lowest BCUT2D eigenvalue weighted by Crippen LogP contribution is -2.47. The molecule has 0 saturated heterocycles. The first kappa shape index (κ1) is 28.7. The van der Waals surface area contributed by atoms with Crippen LogP contribution in [-0.2, 0) is 10.5 Å². The highest BCUT2D eigenvalue weighted by molar-refractivity contribution is 7.98. The minimum atomic E-state index is -2.63. The number of nitrogens with zero attached hydrogens (tertiary/aromatic N) is 1. The Morgan fingerprint density at radius 1 is 1.05 bits per heavy atom. The Bertz CT molecular complexity index is 1070. The number of thioether (sulfide) groups is 1. The minimum absolute atomic E-state index is 0.180. The number of ether oxygens (including phenoxy) is 2. The standard InChI is InChI=1S/C31H41F2NO3S/c1-23-11-12-27(38-22-24-9-6-5-7-10-24)26(21-23)36-30(18-19-30)15-8-20-34(28(35)37-29(2,3)4)25-13-16-31(32,33)17-14-25/h5-7,9-12,21,25H,8,13-20,22H2,1-4H3. The lowest BCUT2D eigenvalue weighted by Gasteiger charge is -2.37. The fraction of sp³-hybridized carbons (Fsp3) is 0.581. The van der Waals surface area contributed by atoms with Gasteiger partial charge >= 0.3 is 6.09 Å². The molecule has 4 nitrogen and oxygen atoms in total. The van der Waals surface area contributed by atoms with Gasteiger partial charge in [-0.05, 0) is 89.5 Å². The molecule has 0 radical (unpaired) electrons. The average molecular weight is 546 g/mol. The van der Waals surface area contributed by atoms with Crippen LogP contribution >= 0.6 is 11.8 Å². The van der Waals surface area contributed by atoms with Crippen LogP contribution in [0.3, 0.4) is 0 Å². The van der Waals surface area contributed by atoms with Crippen molar-refractivity contribution >= 4 is 17.9 Å². The molecule has 208 valence electrons. The Balaban J connectivity index is 1.38. The molecule has 0 bridgehead atoms. The molecule has 1 amide bonds. The van der Waals surface area contributed by atoms with Crippen molar-refractivity contribution in [1.82, 2.24) is 4.90 Å². The van der Waals surface area contributed by atoms with Crippen molar-refractivity contribution < 1.29 is 23.0 Å². The average Bonchev–Trinajstić information content (AvgIpc) is 3.60. The van der Waals surface area contributed by atoms with Gasteiger partial charge in [0.15, 0.2) is 0 Å². The van der Waals surface area contributed by atoms with Crippen molar-refractivity contribution in [2.45, 2.75) is 113 Å². The summed E-state index contributed by atoms with van der Waals surface area (Å²) in [7, 11) is 0. The maximum absolute atomic E-state index is 13.8. The SMILES string of the molecule is Cc1ccc(SCc2ccccc2)c(OC2(CCCN(C(=O)OC(C)(C)C)C3CCC(F)(F)CC3)CC2)c1. The largest absolute Gasteiger partial charge is 0.486 e. The van der Waals surface area contributed by atoms with Gasteiger partial charge in [-0.1, -0.05) is 36.4 Å². The molecule has 0 aliphatic heterocycles. The van der Waals surface area contributed by atoms with Crippen LogP contribution in [-0.4, -0.2) is 40.7 Å². The Morgan fingerprint density at radius 2 is 1.74 bits per heavy atom. The molecule has 7 heteroatoms. The van der Waals surface area contributed by atoms with Crippen LogP contribution in [0.2, 0.25) is 0 Å². The summed E-state index contributed by atoms with van der Waals surface area (Å²) in [6.07, 6.45) is 3.35. The molecule has 0 aromatic heterocycles. The van der Waals surface area contributed by atoms with E-state index in [9.17, 15) is 13.6 Å². The van der Waals surface area contributed by atoms with Gasteiger partial charge < -0.3 is 14.4 Å². The van der Waals surface area contributed by atoms with E-state index in [1.54, 1.807) is 16.7 Å². The summed E-state index contributed by atoms with van der Waals surface area (Å²) in [6, 6.07) is 16.6. The molecular formula is C31H41F2NO3S. The quantitative estimate of drug-likeness (QED) is 0.280. The van der Waals surface area contributed by atoms with Crippen molar-refractivity contribution in [2.24, 2.45) is 0 Å². The van der Waals surface area contributed by atoms with E-state index in [4.69, 9.17) is 9.47 Å². The van der Waals surface area contributed by atoms with Gasteiger partial charge in [0.25, 0.3) is 0 Å². The highest BCUT2D eigenvalue weighted by Crippen LogP contribution is 2.47. The molecule has 2 aromatic rings. The highest BCUT2D eigenvalue weighted by Gasteiger charge is 2.46. The second kappa shape index (κ2) is 11.8. The first-order valence-electron chi connectivity index (χ1n) is 13.8. The van der Waals surface area contributed by atoms with Crippen LogP contribution in [0.1, 0.15) is 83.3 Å². The second-order valence-corrected chi connectivity index (χ2v) is 12.9. The number of hydrogen-bond donors (Lipinski definition) is 0. The van der Waals surface area contributed by atoms with E-state index >= 15 is 0 Å². The zero-order valence-electron chi connectivity index (χ0n) is 23.1. The molecular weight excluding hydrogens is 504 g/mol. The van der Waals surface area contributed by atoms with Crippen molar-refractivity contribution in [1.29, 1.82) is 0 Å². The number of hydrogen-bond acceptors (Lipinski definition) is 4. The molecule has 2 saturated carbocycles. The maximum Gasteiger partial charge on any atom is 0.410 e. The molecule has 4 rings (SSSR count). The summed E-state index contributed by atoms with van der Waals surface area (Å²) in [6.45, 7) is 8.06. The van der Waals surface area contributed by atoms with Gasteiger partial charge in [-0.2, -0.15) is 0 Å². The van der Waals surface area contributed by atoms with Gasteiger partial charge in [0, 0.05) is 36.1 Å². The van der Waals surface area contributed by atoms with Crippen molar-refractivity contribution in [3.63, 3.8) is 0 Å². The Morgan fingerprint density at radius 3 is 2.37 bits per heavy atom. The van der Waals surface area contributed by atoms with E-state index in [-0.39, 0.29) is 24.5 Å². The second-order valence-electron chi connectivity index (χ2n) is 11.9. The summed E-state index contributed by atoms with van der Waals surface area (Å²) in [4.78, 5) is 15.9. The first-order valence-corrected chi connectivity index (χ1v) is 14.8. The van der Waals surface area contributed by atoms with Gasteiger partial charge in [0.2, 0.25) is 5.92 Å². The van der Waals surface area contributed by atoms with Crippen LogP contribution in [0.15, 0.2) is 53.4 Å². The third kappa shape index (κ3) is 8.36. The molecule has 2 aromatic carbocycles. The highest BCUT2D eigenvalue weighted by atomic mass is 32.2. The van der Waals surface area contributed by atoms with Gasteiger partial charge in [-0.15, -0.1) is 11.8 Å². The van der Waals surface area contributed by atoms with Gasteiger partial charge in [-0.3, -0.25) is 0 Å². The summed E-state index contributed by atoms with van der Waals surface area (Å²) in [5.41, 5.74) is 1.57. The zero-order valence-corrected chi connectivity index (χ0v) is 23.9. The van der Waals surface area contributed by atoms with E-state index in [1.807, 2.05) is 26.8 Å². The number of aryl methyl sites for hydroxylation is 1. The van der Waals surface area contributed by atoms with Crippen LogP contribution < -0.4 is 4.74 Å². The van der Waals surface area contributed by atoms with E-state index in [1.165, 1.54) is 5.56 Å². The predicted octanol–water partition coefficient (Wildman–Crippen LogP) is 8.79.